The topological polar surface area (TPSA) is 46.8 Å². The predicted octanol–water partition coefficient (Wildman–Crippen LogP) is 2.78. The molecule has 2 aromatic heterocycles. The first kappa shape index (κ1) is 13.7. The molecule has 5 heteroatoms. The fourth-order valence-corrected chi connectivity index (χ4v) is 3.37. The maximum Gasteiger partial charge on any atom is 0.151 e. The fraction of sp³-hybridized carbons (Fsp3) is 0.588. The Hall–Kier alpha value is -1.91. The SMILES string of the molecule is Cc1ccc(N2CCC[C@H](c3nccn3CC3CC3)C2)nn1. The quantitative estimate of drug-likeness (QED) is 0.870. The van der Waals surface area contributed by atoms with Crippen molar-refractivity contribution >= 4 is 5.82 Å². The molecule has 1 saturated carbocycles. The van der Waals surface area contributed by atoms with Gasteiger partial charge in [0.2, 0.25) is 0 Å². The molecule has 1 saturated heterocycles. The summed E-state index contributed by atoms with van der Waals surface area (Å²) in [6.07, 6.45) is 9.29. The van der Waals surface area contributed by atoms with Crippen LogP contribution in [0, 0.1) is 12.8 Å². The van der Waals surface area contributed by atoms with Crippen molar-refractivity contribution in [2.45, 2.75) is 45.1 Å². The number of imidazole rings is 1. The fourth-order valence-electron chi connectivity index (χ4n) is 3.37. The largest absolute Gasteiger partial charge is 0.354 e. The second-order valence-corrected chi connectivity index (χ2v) is 6.70. The third-order valence-electron chi connectivity index (χ3n) is 4.79. The van der Waals surface area contributed by atoms with Crippen molar-refractivity contribution in [2.24, 2.45) is 5.92 Å². The van der Waals surface area contributed by atoms with Crippen LogP contribution in [-0.2, 0) is 6.54 Å². The molecular weight excluding hydrogens is 274 g/mol. The highest BCUT2D eigenvalue weighted by Gasteiger charge is 2.28. The third kappa shape index (κ3) is 2.85. The van der Waals surface area contributed by atoms with Crippen LogP contribution in [0.5, 0.6) is 0 Å². The lowest BCUT2D eigenvalue weighted by atomic mass is 9.97. The maximum atomic E-state index is 4.66. The Morgan fingerprint density at radius 1 is 1.18 bits per heavy atom. The number of piperidine rings is 1. The molecule has 1 aliphatic carbocycles. The number of anilines is 1. The second-order valence-electron chi connectivity index (χ2n) is 6.70. The van der Waals surface area contributed by atoms with Crippen LogP contribution in [0.1, 0.15) is 43.1 Å². The van der Waals surface area contributed by atoms with Crippen LogP contribution in [0.2, 0.25) is 0 Å². The predicted molar refractivity (Wildman–Crippen MR) is 85.9 cm³/mol. The van der Waals surface area contributed by atoms with Crippen LogP contribution in [0.25, 0.3) is 0 Å². The summed E-state index contributed by atoms with van der Waals surface area (Å²) < 4.78 is 2.38. The summed E-state index contributed by atoms with van der Waals surface area (Å²) in [5.41, 5.74) is 0.970. The molecule has 2 aliphatic rings. The highest BCUT2D eigenvalue weighted by atomic mass is 15.3. The van der Waals surface area contributed by atoms with Gasteiger partial charge in [0.1, 0.15) is 5.82 Å². The van der Waals surface area contributed by atoms with E-state index < -0.39 is 0 Å². The molecular formula is C17H23N5. The normalized spacial score (nSPS) is 22.0. The van der Waals surface area contributed by atoms with Gasteiger partial charge < -0.3 is 9.47 Å². The molecule has 0 bridgehead atoms. The molecule has 4 rings (SSSR count). The van der Waals surface area contributed by atoms with E-state index in [0.717, 1.165) is 37.1 Å². The van der Waals surface area contributed by atoms with E-state index in [0.29, 0.717) is 5.92 Å². The summed E-state index contributed by atoms with van der Waals surface area (Å²) in [5.74, 6) is 3.65. The molecule has 116 valence electrons. The summed E-state index contributed by atoms with van der Waals surface area (Å²) in [7, 11) is 0. The molecule has 1 atom stereocenters. The molecule has 22 heavy (non-hydrogen) atoms. The lowest BCUT2D eigenvalue weighted by Crippen LogP contribution is -2.36. The number of rotatable bonds is 4. The van der Waals surface area contributed by atoms with Gasteiger partial charge in [-0.25, -0.2) is 4.98 Å². The van der Waals surface area contributed by atoms with E-state index in [1.54, 1.807) is 0 Å². The smallest absolute Gasteiger partial charge is 0.151 e. The molecule has 0 N–H and O–H groups in total. The van der Waals surface area contributed by atoms with E-state index in [1.807, 2.05) is 19.2 Å². The first-order chi connectivity index (χ1) is 10.8. The van der Waals surface area contributed by atoms with Crippen LogP contribution in [-0.4, -0.2) is 32.8 Å². The van der Waals surface area contributed by atoms with E-state index >= 15 is 0 Å². The van der Waals surface area contributed by atoms with Crippen LogP contribution in [0.15, 0.2) is 24.5 Å². The van der Waals surface area contributed by atoms with Gasteiger partial charge in [0, 0.05) is 37.9 Å². The summed E-state index contributed by atoms with van der Waals surface area (Å²) in [5, 5.41) is 8.54. The number of hydrogen-bond acceptors (Lipinski definition) is 4. The van der Waals surface area contributed by atoms with E-state index in [4.69, 9.17) is 0 Å². The van der Waals surface area contributed by atoms with Crippen LogP contribution >= 0.6 is 0 Å². The van der Waals surface area contributed by atoms with Gasteiger partial charge in [-0.3, -0.25) is 0 Å². The summed E-state index contributed by atoms with van der Waals surface area (Å²) in [6.45, 7) is 5.19. The lowest BCUT2D eigenvalue weighted by molar-refractivity contribution is 0.461. The van der Waals surface area contributed by atoms with Crippen molar-refractivity contribution in [1.29, 1.82) is 0 Å². The highest BCUT2D eigenvalue weighted by Crippen LogP contribution is 2.33. The maximum absolute atomic E-state index is 4.66. The summed E-state index contributed by atoms with van der Waals surface area (Å²) in [6, 6.07) is 4.13. The van der Waals surface area contributed by atoms with Gasteiger partial charge in [-0.2, -0.15) is 5.10 Å². The second kappa shape index (κ2) is 5.71. The third-order valence-corrected chi connectivity index (χ3v) is 4.79. The number of aryl methyl sites for hydroxylation is 1. The van der Waals surface area contributed by atoms with Gasteiger partial charge in [-0.05, 0) is 50.7 Å². The first-order valence-corrected chi connectivity index (χ1v) is 8.36. The standard InChI is InChI=1S/C17H23N5/c1-13-4-7-16(20-19-13)21-9-2-3-15(12-21)17-18-8-10-22(17)11-14-5-6-14/h4,7-8,10,14-15H,2-3,5-6,9,11-12H2,1H3/t15-/m0/s1. The number of aromatic nitrogens is 4. The van der Waals surface area contributed by atoms with Gasteiger partial charge in [0.25, 0.3) is 0 Å². The van der Waals surface area contributed by atoms with Gasteiger partial charge in [0.15, 0.2) is 5.82 Å². The molecule has 1 aliphatic heterocycles. The minimum atomic E-state index is 0.505. The molecule has 0 unspecified atom stereocenters. The molecule has 2 aromatic rings. The van der Waals surface area contributed by atoms with E-state index in [1.165, 1.54) is 31.5 Å². The molecule has 5 nitrogen and oxygen atoms in total. The Morgan fingerprint density at radius 2 is 2.09 bits per heavy atom. The summed E-state index contributed by atoms with van der Waals surface area (Å²) >= 11 is 0. The number of hydrogen-bond donors (Lipinski definition) is 0. The Balaban J connectivity index is 1.50. The van der Waals surface area contributed by atoms with Crippen molar-refractivity contribution in [3.63, 3.8) is 0 Å². The van der Waals surface area contributed by atoms with Crippen LogP contribution in [0.4, 0.5) is 5.82 Å². The minimum Gasteiger partial charge on any atom is -0.354 e. The van der Waals surface area contributed by atoms with Crippen LogP contribution in [0.3, 0.4) is 0 Å². The van der Waals surface area contributed by atoms with Gasteiger partial charge in [-0.15, -0.1) is 5.10 Å². The summed E-state index contributed by atoms with van der Waals surface area (Å²) in [4.78, 5) is 7.02. The Labute approximate surface area is 131 Å². The average molecular weight is 297 g/mol. The molecule has 0 aromatic carbocycles. The van der Waals surface area contributed by atoms with E-state index in [-0.39, 0.29) is 0 Å². The van der Waals surface area contributed by atoms with E-state index in [2.05, 4.69) is 36.9 Å². The number of nitrogens with zero attached hydrogens (tertiary/aromatic N) is 5. The monoisotopic (exact) mass is 297 g/mol. The lowest BCUT2D eigenvalue weighted by Gasteiger charge is -2.33. The highest BCUT2D eigenvalue weighted by molar-refractivity contribution is 5.38. The first-order valence-electron chi connectivity index (χ1n) is 8.36. The van der Waals surface area contributed by atoms with Gasteiger partial charge in [0.05, 0.1) is 5.69 Å². The van der Waals surface area contributed by atoms with Crippen molar-refractivity contribution in [2.75, 3.05) is 18.0 Å². The van der Waals surface area contributed by atoms with Crippen molar-refractivity contribution in [1.82, 2.24) is 19.7 Å². The molecule has 0 amide bonds. The molecule has 3 heterocycles. The van der Waals surface area contributed by atoms with Crippen molar-refractivity contribution in [3.8, 4) is 0 Å². The van der Waals surface area contributed by atoms with Crippen LogP contribution < -0.4 is 4.90 Å². The average Bonchev–Trinajstić information content (AvgIpc) is 3.24. The zero-order valence-corrected chi connectivity index (χ0v) is 13.1. The van der Waals surface area contributed by atoms with Crippen molar-refractivity contribution in [3.05, 3.63) is 36.0 Å². The van der Waals surface area contributed by atoms with Gasteiger partial charge >= 0.3 is 0 Å². The minimum absolute atomic E-state index is 0.505. The van der Waals surface area contributed by atoms with Gasteiger partial charge in [-0.1, -0.05) is 0 Å². The Bertz CT molecular complexity index is 629. The molecule has 2 fully saturated rings. The Kier molecular flexibility index (Phi) is 3.56. The van der Waals surface area contributed by atoms with Crippen molar-refractivity contribution < 1.29 is 0 Å². The Morgan fingerprint density at radius 3 is 2.86 bits per heavy atom. The zero-order valence-electron chi connectivity index (χ0n) is 13.1. The molecule has 0 radical (unpaired) electrons. The van der Waals surface area contributed by atoms with E-state index in [9.17, 15) is 0 Å². The molecule has 0 spiro atoms. The zero-order chi connectivity index (χ0) is 14.9.